The van der Waals surface area contributed by atoms with Gasteiger partial charge in [-0.05, 0) is 18.3 Å². The lowest BCUT2D eigenvalue weighted by Gasteiger charge is -2.36. The van der Waals surface area contributed by atoms with E-state index in [4.69, 9.17) is 0 Å². The summed E-state index contributed by atoms with van der Waals surface area (Å²) in [6.07, 6.45) is 4.26. The molecule has 1 saturated heterocycles. The number of amides is 1. The number of aromatic nitrogens is 4. The number of carbonyl (C=O) groups excluding carboxylic acids is 1. The zero-order valence-corrected chi connectivity index (χ0v) is 13.3. The van der Waals surface area contributed by atoms with Gasteiger partial charge in [0.25, 0.3) is 0 Å². The molecule has 0 unspecified atom stereocenters. The molecule has 3 rings (SSSR count). The Hall–Kier alpha value is -2.18. The second kappa shape index (κ2) is 5.90. The molecule has 0 saturated carbocycles. The highest BCUT2D eigenvalue weighted by atomic mass is 16.2. The molecule has 1 aliphatic rings. The van der Waals surface area contributed by atoms with E-state index in [0.29, 0.717) is 29.8 Å². The molecule has 0 aliphatic carbocycles. The van der Waals surface area contributed by atoms with Gasteiger partial charge in [-0.15, -0.1) is 0 Å². The molecule has 2 aromatic heterocycles. The minimum Gasteiger partial charge on any atom is -0.348 e. The van der Waals surface area contributed by atoms with Gasteiger partial charge in [-0.2, -0.15) is 0 Å². The predicted octanol–water partition coefficient (Wildman–Crippen LogP) is 1.29. The monoisotopic (exact) mass is 302 g/mol. The average Bonchev–Trinajstić information content (AvgIpc) is 2.94. The first-order valence-corrected chi connectivity index (χ1v) is 7.67. The molecule has 2 atom stereocenters. The number of H-pyrrole nitrogens is 1. The fourth-order valence-corrected chi connectivity index (χ4v) is 3.29. The number of anilines is 1. The SMILES string of the molecule is C[C@H]1C[C@H](C)CN(C(=O)CN(C)c2ncnc3nc[nH]c23)C1. The van der Waals surface area contributed by atoms with Crippen LogP contribution in [0.4, 0.5) is 5.82 Å². The lowest BCUT2D eigenvalue weighted by Crippen LogP contribution is -2.46. The first kappa shape index (κ1) is 14.7. The molecule has 2 aromatic rings. The van der Waals surface area contributed by atoms with E-state index in [1.165, 1.54) is 12.7 Å². The average molecular weight is 302 g/mol. The highest BCUT2D eigenvalue weighted by Crippen LogP contribution is 2.22. The molecule has 7 nitrogen and oxygen atoms in total. The summed E-state index contributed by atoms with van der Waals surface area (Å²) in [5.74, 6) is 1.98. The minimum atomic E-state index is 0.146. The zero-order valence-electron chi connectivity index (χ0n) is 13.3. The summed E-state index contributed by atoms with van der Waals surface area (Å²) in [6, 6.07) is 0. The number of fused-ring (bicyclic) bond motifs is 1. The van der Waals surface area contributed by atoms with E-state index in [0.717, 1.165) is 18.6 Å². The molecular weight excluding hydrogens is 280 g/mol. The molecule has 0 bridgehead atoms. The Kier molecular flexibility index (Phi) is 3.96. The fraction of sp³-hybridized carbons (Fsp3) is 0.600. The third-order valence-electron chi connectivity index (χ3n) is 4.16. The first-order valence-electron chi connectivity index (χ1n) is 7.67. The van der Waals surface area contributed by atoms with Crippen molar-refractivity contribution in [3.63, 3.8) is 0 Å². The van der Waals surface area contributed by atoms with Gasteiger partial charge in [0.1, 0.15) is 11.8 Å². The van der Waals surface area contributed by atoms with E-state index in [-0.39, 0.29) is 5.91 Å². The number of nitrogens with one attached hydrogen (secondary N) is 1. The standard InChI is InChI=1S/C15H22N6O/c1-10-4-11(2)6-21(5-10)12(22)7-20(3)15-13-14(17-8-16-13)18-9-19-15/h8-11H,4-7H2,1-3H3,(H,16,17,18,19)/t10-,11-/m0/s1. The largest absolute Gasteiger partial charge is 0.348 e. The van der Waals surface area contributed by atoms with Crippen LogP contribution in [0.15, 0.2) is 12.7 Å². The van der Waals surface area contributed by atoms with E-state index in [1.807, 2.05) is 16.8 Å². The molecule has 7 heteroatoms. The van der Waals surface area contributed by atoms with Gasteiger partial charge in [-0.3, -0.25) is 4.79 Å². The number of carbonyl (C=O) groups is 1. The van der Waals surface area contributed by atoms with Gasteiger partial charge in [-0.25, -0.2) is 15.0 Å². The topological polar surface area (TPSA) is 78.0 Å². The van der Waals surface area contributed by atoms with E-state index >= 15 is 0 Å². The number of imidazole rings is 1. The summed E-state index contributed by atoms with van der Waals surface area (Å²) in [4.78, 5) is 31.9. The third kappa shape index (κ3) is 2.88. The van der Waals surface area contributed by atoms with Crippen LogP contribution >= 0.6 is 0 Å². The molecule has 1 amide bonds. The minimum absolute atomic E-state index is 0.146. The van der Waals surface area contributed by atoms with Crippen molar-refractivity contribution in [1.29, 1.82) is 0 Å². The summed E-state index contributed by atoms with van der Waals surface area (Å²) in [5, 5.41) is 0. The number of rotatable bonds is 3. The number of hydrogen-bond donors (Lipinski definition) is 1. The van der Waals surface area contributed by atoms with E-state index in [1.54, 1.807) is 6.33 Å². The van der Waals surface area contributed by atoms with Gasteiger partial charge in [0.05, 0.1) is 12.9 Å². The van der Waals surface area contributed by atoms with Crippen LogP contribution in [-0.2, 0) is 4.79 Å². The van der Waals surface area contributed by atoms with Crippen LogP contribution in [0.25, 0.3) is 11.2 Å². The predicted molar refractivity (Wildman–Crippen MR) is 84.5 cm³/mol. The summed E-state index contributed by atoms with van der Waals surface area (Å²) < 4.78 is 0. The van der Waals surface area contributed by atoms with Crippen molar-refractivity contribution in [2.24, 2.45) is 11.8 Å². The van der Waals surface area contributed by atoms with Crippen LogP contribution in [0, 0.1) is 11.8 Å². The van der Waals surface area contributed by atoms with Gasteiger partial charge in [0, 0.05) is 20.1 Å². The third-order valence-corrected chi connectivity index (χ3v) is 4.16. The van der Waals surface area contributed by atoms with Crippen LogP contribution < -0.4 is 4.90 Å². The molecule has 0 spiro atoms. The Morgan fingerprint density at radius 3 is 2.77 bits per heavy atom. The van der Waals surface area contributed by atoms with Gasteiger partial charge in [0.15, 0.2) is 11.5 Å². The molecule has 118 valence electrons. The van der Waals surface area contributed by atoms with Crippen LogP contribution in [0.5, 0.6) is 0 Å². The van der Waals surface area contributed by atoms with Crippen molar-refractivity contribution in [2.75, 3.05) is 31.6 Å². The van der Waals surface area contributed by atoms with Crippen LogP contribution in [-0.4, -0.2) is 57.4 Å². The summed E-state index contributed by atoms with van der Waals surface area (Å²) in [5.41, 5.74) is 1.38. The van der Waals surface area contributed by atoms with Crippen LogP contribution in [0.3, 0.4) is 0 Å². The number of likely N-dealkylation sites (N-methyl/N-ethyl adjacent to an activating group) is 1. The zero-order chi connectivity index (χ0) is 15.7. The lowest BCUT2D eigenvalue weighted by atomic mass is 9.92. The maximum Gasteiger partial charge on any atom is 0.242 e. The maximum atomic E-state index is 12.6. The molecule has 3 heterocycles. The Balaban J connectivity index is 1.72. The maximum absolute atomic E-state index is 12.6. The van der Waals surface area contributed by atoms with Crippen LogP contribution in [0.1, 0.15) is 20.3 Å². The van der Waals surface area contributed by atoms with Gasteiger partial charge in [0.2, 0.25) is 5.91 Å². The molecule has 1 fully saturated rings. The Labute approximate surface area is 129 Å². The van der Waals surface area contributed by atoms with Crippen molar-refractivity contribution in [1.82, 2.24) is 24.8 Å². The molecular formula is C15H22N6O. The van der Waals surface area contributed by atoms with Gasteiger partial charge < -0.3 is 14.8 Å². The number of aromatic amines is 1. The summed E-state index contributed by atoms with van der Waals surface area (Å²) in [7, 11) is 1.87. The number of piperidine rings is 1. The normalized spacial score (nSPS) is 22.0. The van der Waals surface area contributed by atoms with Crippen molar-refractivity contribution in [3.8, 4) is 0 Å². The number of hydrogen-bond acceptors (Lipinski definition) is 5. The Morgan fingerprint density at radius 2 is 2.05 bits per heavy atom. The first-order chi connectivity index (χ1) is 10.5. The van der Waals surface area contributed by atoms with E-state index < -0.39 is 0 Å². The quantitative estimate of drug-likeness (QED) is 0.924. The van der Waals surface area contributed by atoms with Gasteiger partial charge >= 0.3 is 0 Å². The molecule has 0 aromatic carbocycles. The number of nitrogens with zero attached hydrogens (tertiary/aromatic N) is 5. The summed E-state index contributed by atoms with van der Waals surface area (Å²) in [6.45, 7) is 6.42. The van der Waals surface area contributed by atoms with Crippen molar-refractivity contribution >= 4 is 22.9 Å². The number of likely N-dealkylation sites (tertiary alicyclic amines) is 1. The van der Waals surface area contributed by atoms with Crippen molar-refractivity contribution < 1.29 is 4.79 Å². The second-order valence-corrected chi connectivity index (χ2v) is 6.40. The Bertz CT molecular complexity index is 659. The smallest absolute Gasteiger partial charge is 0.242 e. The van der Waals surface area contributed by atoms with Crippen molar-refractivity contribution in [2.45, 2.75) is 20.3 Å². The van der Waals surface area contributed by atoms with Crippen molar-refractivity contribution in [3.05, 3.63) is 12.7 Å². The lowest BCUT2D eigenvalue weighted by molar-refractivity contribution is -0.132. The Morgan fingerprint density at radius 1 is 1.32 bits per heavy atom. The molecule has 22 heavy (non-hydrogen) atoms. The molecule has 1 N–H and O–H groups in total. The van der Waals surface area contributed by atoms with E-state index in [9.17, 15) is 4.79 Å². The fourth-order valence-electron chi connectivity index (χ4n) is 3.29. The molecule has 0 radical (unpaired) electrons. The highest BCUT2D eigenvalue weighted by Gasteiger charge is 2.26. The van der Waals surface area contributed by atoms with Gasteiger partial charge in [-0.1, -0.05) is 13.8 Å². The second-order valence-electron chi connectivity index (χ2n) is 6.40. The highest BCUT2D eigenvalue weighted by molar-refractivity contribution is 5.87. The van der Waals surface area contributed by atoms with E-state index in [2.05, 4.69) is 33.8 Å². The molecule has 1 aliphatic heterocycles. The van der Waals surface area contributed by atoms with Crippen LogP contribution in [0.2, 0.25) is 0 Å². The summed E-state index contributed by atoms with van der Waals surface area (Å²) >= 11 is 0.